The Morgan fingerprint density at radius 1 is 0.815 bits per heavy atom. The van der Waals surface area contributed by atoms with Gasteiger partial charge in [-0.05, 0) is 53.2 Å². The van der Waals surface area contributed by atoms with Gasteiger partial charge in [-0.3, -0.25) is 0 Å². The van der Waals surface area contributed by atoms with Crippen molar-refractivity contribution in [2.75, 3.05) is 0 Å². The van der Waals surface area contributed by atoms with E-state index in [0.717, 1.165) is 11.1 Å². The van der Waals surface area contributed by atoms with E-state index >= 15 is 0 Å². The molecule has 0 saturated heterocycles. The van der Waals surface area contributed by atoms with Crippen LogP contribution in [-0.2, 0) is 0 Å². The van der Waals surface area contributed by atoms with Crippen molar-refractivity contribution in [3.8, 4) is 35.1 Å². The number of aryl methyl sites for hydroxylation is 2. The maximum Gasteiger partial charge on any atom is 0.183 e. The second kappa shape index (κ2) is 8.47. The molecule has 2 aromatic carbocycles. The normalized spacial score (nSPS) is 10.4. The number of rotatable bonds is 6. The van der Waals surface area contributed by atoms with Crippen LogP contribution in [0.3, 0.4) is 0 Å². The number of hydrogen-bond donors (Lipinski definition) is 0. The molecule has 0 aromatic heterocycles. The molecule has 0 unspecified atom stereocenters. The van der Waals surface area contributed by atoms with Gasteiger partial charge in [0, 0.05) is 6.07 Å². The summed E-state index contributed by atoms with van der Waals surface area (Å²) in [4.78, 5) is 0. The first-order valence-corrected chi connectivity index (χ1v) is 8.86. The molecule has 2 aromatic rings. The van der Waals surface area contributed by atoms with Gasteiger partial charge in [-0.25, -0.2) is 0 Å². The van der Waals surface area contributed by atoms with E-state index in [0.29, 0.717) is 17.2 Å². The van der Waals surface area contributed by atoms with Gasteiger partial charge < -0.3 is 14.2 Å². The maximum atomic E-state index is 9.81. The molecule has 0 spiro atoms. The van der Waals surface area contributed by atoms with E-state index in [1.54, 1.807) is 6.07 Å². The van der Waals surface area contributed by atoms with Crippen LogP contribution >= 0.6 is 0 Å². The van der Waals surface area contributed by atoms with E-state index in [4.69, 9.17) is 14.2 Å². The molecule has 5 nitrogen and oxygen atoms in total. The number of ether oxygens (including phenoxy) is 3. The highest BCUT2D eigenvalue weighted by molar-refractivity contribution is 5.67. The van der Waals surface area contributed by atoms with Crippen molar-refractivity contribution in [1.82, 2.24) is 0 Å². The summed E-state index contributed by atoms with van der Waals surface area (Å²) in [5.41, 5.74) is 2.39. The summed E-state index contributed by atoms with van der Waals surface area (Å²) < 4.78 is 17.7. The first kappa shape index (κ1) is 20.1. The summed E-state index contributed by atoms with van der Waals surface area (Å²) in [6, 6.07) is 11.5. The third kappa shape index (κ3) is 4.71. The fourth-order valence-corrected chi connectivity index (χ4v) is 2.63. The topological polar surface area (TPSA) is 75.3 Å². The van der Waals surface area contributed by atoms with Gasteiger partial charge in [0.1, 0.15) is 23.5 Å². The lowest BCUT2D eigenvalue weighted by Gasteiger charge is -2.21. The molecule has 0 radical (unpaired) electrons. The van der Waals surface area contributed by atoms with E-state index in [2.05, 4.69) is 12.1 Å². The van der Waals surface area contributed by atoms with Crippen molar-refractivity contribution < 1.29 is 14.2 Å². The van der Waals surface area contributed by atoms with Crippen LogP contribution in [0.15, 0.2) is 24.3 Å². The van der Waals surface area contributed by atoms with Gasteiger partial charge in [0.15, 0.2) is 17.2 Å². The smallest absolute Gasteiger partial charge is 0.183 e. The molecule has 0 aliphatic rings. The molecule has 0 bridgehead atoms. The molecule has 0 heterocycles. The summed E-state index contributed by atoms with van der Waals surface area (Å²) in [6.07, 6.45) is -0.308. The van der Waals surface area contributed by atoms with Crippen molar-refractivity contribution in [3.63, 3.8) is 0 Å². The predicted molar refractivity (Wildman–Crippen MR) is 103 cm³/mol. The monoisotopic (exact) mass is 364 g/mol. The third-order valence-corrected chi connectivity index (χ3v) is 3.69. The lowest BCUT2D eigenvalue weighted by Crippen LogP contribution is -2.13. The van der Waals surface area contributed by atoms with E-state index in [-0.39, 0.29) is 29.1 Å². The quantitative estimate of drug-likeness (QED) is 0.684. The fourth-order valence-electron chi connectivity index (χ4n) is 2.63. The molecule has 0 N–H and O–H groups in total. The Morgan fingerprint density at radius 2 is 1.48 bits per heavy atom. The Labute approximate surface area is 160 Å². The predicted octanol–water partition coefficient (Wildman–Crippen LogP) is 5.41. The minimum Gasteiger partial charge on any atom is -0.487 e. The molecular formula is C22H24N2O3. The van der Waals surface area contributed by atoms with E-state index in [9.17, 15) is 10.5 Å². The van der Waals surface area contributed by atoms with Gasteiger partial charge in [-0.2, -0.15) is 10.5 Å². The number of nitriles is 2. The molecule has 0 aliphatic heterocycles. The van der Waals surface area contributed by atoms with Crippen LogP contribution in [-0.4, -0.2) is 12.2 Å². The van der Waals surface area contributed by atoms with Crippen LogP contribution in [0.1, 0.15) is 49.9 Å². The SMILES string of the molecule is Cc1ccc(Oc2c(C#N)cc(OC(C)C)c(OC(C)C)c2C#N)c(C)c1. The second-order valence-electron chi connectivity index (χ2n) is 6.88. The lowest BCUT2D eigenvalue weighted by atomic mass is 10.1. The summed E-state index contributed by atoms with van der Waals surface area (Å²) in [6.45, 7) is 11.4. The highest BCUT2D eigenvalue weighted by Crippen LogP contribution is 2.43. The van der Waals surface area contributed by atoms with Crippen molar-refractivity contribution in [3.05, 3.63) is 46.5 Å². The van der Waals surface area contributed by atoms with Gasteiger partial charge in [0.25, 0.3) is 0 Å². The maximum absolute atomic E-state index is 9.81. The fraction of sp³-hybridized carbons (Fsp3) is 0.364. The Morgan fingerprint density at radius 3 is 2.00 bits per heavy atom. The Bertz CT molecular complexity index is 919. The highest BCUT2D eigenvalue weighted by Gasteiger charge is 2.24. The Hall–Kier alpha value is -3.18. The lowest BCUT2D eigenvalue weighted by molar-refractivity contribution is 0.197. The zero-order valence-electron chi connectivity index (χ0n) is 16.6. The molecule has 0 amide bonds. The minimum atomic E-state index is -0.173. The molecule has 27 heavy (non-hydrogen) atoms. The summed E-state index contributed by atoms with van der Waals surface area (Å²) in [5, 5.41) is 19.4. The van der Waals surface area contributed by atoms with Crippen LogP contribution in [0.4, 0.5) is 0 Å². The standard InChI is InChI=1S/C22H24N2O3/c1-13(2)25-20-10-17(11-23)21(18(12-24)22(20)26-14(3)4)27-19-8-7-15(5)9-16(19)6/h7-10,13-14H,1-6H3. The molecule has 0 aliphatic carbocycles. The highest BCUT2D eigenvalue weighted by atomic mass is 16.5. The van der Waals surface area contributed by atoms with Crippen molar-refractivity contribution >= 4 is 0 Å². The first-order chi connectivity index (χ1) is 12.8. The molecule has 0 atom stereocenters. The van der Waals surface area contributed by atoms with Crippen LogP contribution in [0.2, 0.25) is 0 Å². The number of benzene rings is 2. The van der Waals surface area contributed by atoms with Gasteiger partial charge in [-0.1, -0.05) is 17.7 Å². The van der Waals surface area contributed by atoms with Gasteiger partial charge in [0.05, 0.1) is 17.8 Å². The largest absolute Gasteiger partial charge is 0.487 e. The third-order valence-electron chi connectivity index (χ3n) is 3.69. The van der Waals surface area contributed by atoms with E-state index in [1.165, 1.54) is 0 Å². The molecule has 2 rings (SSSR count). The van der Waals surface area contributed by atoms with Crippen LogP contribution in [0.5, 0.6) is 23.0 Å². The van der Waals surface area contributed by atoms with Gasteiger partial charge >= 0.3 is 0 Å². The van der Waals surface area contributed by atoms with Crippen molar-refractivity contribution in [2.24, 2.45) is 0 Å². The molecular weight excluding hydrogens is 340 g/mol. The van der Waals surface area contributed by atoms with Crippen molar-refractivity contribution in [1.29, 1.82) is 10.5 Å². The molecule has 0 saturated carbocycles. The summed E-state index contributed by atoms with van der Waals surface area (Å²) >= 11 is 0. The Balaban J connectivity index is 2.68. The number of hydrogen-bond acceptors (Lipinski definition) is 5. The van der Waals surface area contributed by atoms with Crippen molar-refractivity contribution in [2.45, 2.75) is 53.8 Å². The number of nitrogens with zero attached hydrogens (tertiary/aromatic N) is 2. The van der Waals surface area contributed by atoms with E-state index in [1.807, 2.05) is 59.7 Å². The van der Waals surface area contributed by atoms with Crippen LogP contribution in [0.25, 0.3) is 0 Å². The van der Waals surface area contributed by atoms with E-state index < -0.39 is 0 Å². The Kier molecular flexibility index (Phi) is 6.32. The van der Waals surface area contributed by atoms with Crippen LogP contribution < -0.4 is 14.2 Å². The first-order valence-electron chi connectivity index (χ1n) is 8.86. The van der Waals surface area contributed by atoms with Gasteiger partial charge in [-0.15, -0.1) is 0 Å². The molecule has 0 fully saturated rings. The zero-order valence-corrected chi connectivity index (χ0v) is 16.6. The summed E-state index contributed by atoms with van der Waals surface area (Å²) in [7, 11) is 0. The second-order valence-corrected chi connectivity index (χ2v) is 6.88. The zero-order chi connectivity index (χ0) is 20.1. The van der Waals surface area contributed by atoms with Gasteiger partial charge in [0.2, 0.25) is 0 Å². The minimum absolute atomic E-state index is 0.135. The van der Waals surface area contributed by atoms with Crippen LogP contribution in [0, 0.1) is 36.5 Å². The molecule has 140 valence electrons. The summed E-state index contributed by atoms with van der Waals surface area (Å²) in [5.74, 6) is 1.42. The molecule has 5 heteroatoms. The average Bonchev–Trinajstić information content (AvgIpc) is 2.58. The average molecular weight is 364 g/mol.